The van der Waals surface area contributed by atoms with Gasteiger partial charge in [0.1, 0.15) is 5.75 Å². The Labute approximate surface area is 203 Å². The number of carbonyl (C=O) groups is 2. The number of piperidine rings is 1. The van der Waals surface area contributed by atoms with Crippen LogP contribution in [-0.2, 0) is 16.0 Å². The lowest BCUT2D eigenvalue weighted by atomic mass is 9.78. The normalized spacial score (nSPS) is 20.7. The Kier molecular flexibility index (Phi) is 7.57. The summed E-state index contributed by atoms with van der Waals surface area (Å²) in [5.41, 5.74) is 1.96. The van der Waals surface area contributed by atoms with E-state index in [1.165, 1.54) is 5.56 Å². The Bertz CT molecular complexity index is 985. The molecule has 2 saturated heterocycles. The van der Waals surface area contributed by atoms with E-state index in [2.05, 4.69) is 42.2 Å². The number of rotatable bonds is 6. The zero-order valence-electron chi connectivity index (χ0n) is 20.7. The third-order valence-electron chi connectivity index (χ3n) is 7.61. The monoisotopic (exact) mass is 463 g/mol. The van der Waals surface area contributed by atoms with Crippen molar-refractivity contribution in [3.8, 4) is 5.75 Å². The zero-order valence-corrected chi connectivity index (χ0v) is 20.7. The highest BCUT2D eigenvalue weighted by Gasteiger charge is 2.42. The molecule has 2 amide bonds. The van der Waals surface area contributed by atoms with Gasteiger partial charge in [0.25, 0.3) is 0 Å². The first-order valence-corrected chi connectivity index (χ1v) is 12.4. The summed E-state index contributed by atoms with van der Waals surface area (Å²) in [4.78, 5) is 32.5. The molecule has 2 aromatic rings. The van der Waals surface area contributed by atoms with Gasteiger partial charge in [-0.25, -0.2) is 0 Å². The molecule has 2 aliphatic heterocycles. The van der Waals surface area contributed by atoms with Gasteiger partial charge in [-0.15, -0.1) is 0 Å². The van der Waals surface area contributed by atoms with Crippen LogP contribution in [0.4, 0.5) is 0 Å². The van der Waals surface area contributed by atoms with Gasteiger partial charge < -0.3 is 19.4 Å². The lowest BCUT2D eigenvalue weighted by Gasteiger charge is -2.46. The van der Waals surface area contributed by atoms with Crippen LogP contribution in [0.25, 0.3) is 0 Å². The summed E-state index contributed by atoms with van der Waals surface area (Å²) < 4.78 is 5.58. The molecule has 34 heavy (non-hydrogen) atoms. The Morgan fingerprint density at radius 3 is 2.32 bits per heavy atom. The standard InChI is InChI=1S/C28H37N3O3/c1-22(32)31-20-19-30(21-25(31)24-11-7-8-12-26(24)34-3)27(33)28(2)14-17-29(18-15-28)16-13-23-9-5-4-6-10-23/h4-12,25H,13-21H2,1-3H3/t25-/m0/s1. The molecule has 4 rings (SSSR count). The smallest absolute Gasteiger partial charge is 0.228 e. The number of hydrogen-bond donors (Lipinski definition) is 0. The second kappa shape index (κ2) is 10.6. The molecule has 2 fully saturated rings. The summed E-state index contributed by atoms with van der Waals surface area (Å²) in [6.45, 7) is 8.27. The van der Waals surface area contributed by atoms with Crippen LogP contribution in [-0.4, -0.2) is 72.9 Å². The van der Waals surface area contributed by atoms with E-state index in [9.17, 15) is 9.59 Å². The van der Waals surface area contributed by atoms with Gasteiger partial charge in [0.2, 0.25) is 11.8 Å². The molecule has 0 saturated carbocycles. The van der Waals surface area contributed by atoms with Crippen LogP contribution >= 0.6 is 0 Å². The number of likely N-dealkylation sites (tertiary alicyclic amines) is 1. The van der Waals surface area contributed by atoms with E-state index in [-0.39, 0.29) is 23.3 Å². The topological polar surface area (TPSA) is 53.1 Å². The van der Waals surface area contributed by atoms with E-state index >= 15 is 0 Å². The van der Waals surface area contributed by atoms with E-state index < -0.39 is 0 Å². The molecule has 0 aromatic heterocycles. The highest BCUT2D eigenvalue weighted by Crippen LogP contribution is 2.37. The van der Waals surface area contributed by atoms with Crippen molar-refractivity contribution in [2.24, 2.45) is 5.41 Å². The van der Waals surface area contributed by atoms with Crippen LogP contribution in [0.3, 0.4) is 0 Å². The Morgan fingerprint density at radius 2 is 1.65 bits per heavy atom. The van der Waals surface area contributed by atoms with E-state index in [0.717, 1.165) is 50.2 Å². The molecule has 2 heterocycles. The summed E-state index contributed by atoms with van der Waals surface area (Å²) in [6.07, 6.45) is 2.78. The fraction of sp³-hybridized carbons (Fsp3) is 0.500. The molecule has 1 atom stereocenters. The van der Waals surface area contributed by atoms with Crippen molar-refractivity contribution >= 4 is 11.8 Å². The van der Waals surface area contributed by atoms with Gasteiger partial charge >= 0.3 is 0 Å². The van der Waals surface area contributed by atoms with Crippen molar-refractivity contribution < 1.29 is 14.3 Å². The van der Waals surface area contributed by atoms with Crippen LogP contribution in [0.5, 0.6) is 5.75 Å². The number of piperazine rings is 1. The van der Waals surface area contributed by atoms with Crippen molar-refractivity contribution in [2.75, 3.05) is 46.4 Å². The van der Waals surface area contributed by atoms with Crippen molar-refractivity contribution in [3.63, 3.8) is 0 Å². The molecule has 0 unspecified atom stereocenters. The molecular weight excluding hydrogens is 426 g/mol. The Balaban J connectivity index is 1.40. The number of methoxy groups -OCH3 is 1. The molecule has 2 aliphatic rings. The maximum atomic E-state index is 13.7. The summed E-state index contributed by atoms with van der Waals surface area (Å²) in [5.74, 6) is 1.00. The Hall–Kier alpha value is -2.86. The van der Waals surface area contributed by atoms with Crippen molar-refractivity contribution in [1.29, 1.82) is 0 Å². The molecular formula is C28H37N3O3. The molecule has 0 N–H and O–H groups in total. The third-order valence-corrected chi connectivity index (χ3v) is 7.61. The van der Waals surface area contributed by atoms with E-state index in [1.54, 1.807) is 14.0 Å². The fourth-order valence-corrected chi connectivity index (χ4v) is 5.35. The van der Waals surface area contributed by atoms with Crippen molar-refractivity contribution in [3.05, 3.63) is 65.7 Å². The van der Waals surface area contributed by atoms with E-state index in [0.29, 0.717) is 19.6 Å². The number of amides is 2. The highest BCUT2D eigenvalue weighted by molar-refractivity contribution is 5.83. The minimum atomic E-state index is -0.354. The third kappa shape index (κ3) is 5.27. The van der Waals surface area contributed by atoms with E-state index in [4.69, 9.17) is 4.74 Å². The molecule has 6 nitrogen and oxygen atoms in total. The quantitative estimate of drug-likeness (QED) is 0.654. The highest BCUT2D eigenvalue weighted by atomic mass is 16.5. The molecule has 2 aromatic carbocycles. The van der Waals surface area contributed by atoms with Gasteiger partial charge in [0, 0.05) is 44.1 Å². The minimum Gasteiger partial charge on any atom is -0.496 e. The predicted octanol–water partition coefficient (Wildman–Crippen LogP) is 3.77. The average molecular weight is 464 g/mol. The summed E-state index contributed by atoms with van der Waals surface area (Å²) >= 11 is 0. The summed E-state index contributed by atoms with van der Waals surface area (Å²) in [7, 11) is 1.65. The number of hydrogen-bond acceptors (Lipinski definition) is 4. The van der Waals surface area contributed by atoms with Gasteiger partial charge in [-0.2, -0.15) is 0 Å². The fourth-order valence-electron chi connectivity index (χ4n) is 5.35. The predicted molar refractivity (Wildman–Crippen MR) is 134 cm³/mol. The lowest BCUT2D eigenvalue weighted by Crippen LogP contribution is -2.56. The first-order valence-electron chi connectivity index (χ1n) is 12.4. The SMILES string of the molecule is COc1ccccc1[C@@H]1CN(C(=O)C2(C)CCN(CCc3ccccc3)CC2)CCN1C(C)=O. The maximum absolute atomic E-state index is 13.7. The molecule has 0 spiro atoms. The first kappa shape index (κ1) is 24.3. The molecule has 182 valence electrons. The second-order valence-electron chi connectivity index (χ2n) is 9.86. The van der Waals surface area contributed by atoms with Crippen LogP contribution in [0, 0.1) is 5.41 Å². The van der Waals surface area contributed by atoms with Gasteiger partial charge in [-0.3, -0.25) is 9.59 Å². The first-order chi connectivity index (χ1) is 16.4. The molecule has 0 aliphatic carbocycles. The zero-order chi connectivity index (χ0) is 24.1. The number of carbonyl (C=O) groups excluding carboxylic acids is 2. The second-order valence-corrected chi connectivity index (χ2v) is 9.86. The van der Waals surface area contributed by atoms with Crippen molar-refractivity contribution in [1.82, 2.24) is 14.7 Å². The van der Waals surface area contributed by atoms with Crippen LogP contribution in [0.15, 0.2) is 54.6 Å². The van der Waals surface area contributed by atoms with Gasteiger partial charge in [-0.05, 0) is 44.0 Å². The minimum absolute atomic E-state index is 0.0286. The van der Waals surface area contributed by atoms with Crippen LogP contribution in [0.1, 0.15) is 43.9 Å². The largest absolute Gasteiger partial charge is 0.496 e. The number of benzene rings is 2. The van der Waals surface area contributed by atoms with Crippen LogP contribution in [0.2, 0.25) is 0 Å². The molecule has 6 heteroatoms. The van der Waals surface area contributed by atoms with Crippen molar-refractivity contribution in [2.45, 2.75) is 39.2 Å². The number of ether oxygens (including phenoxy) is 1. The van der Waals surface area contributed by atoms with Gasteiger partial charge in [0.05, 0.1) is 13.2 Å². The van der Waals surface area contributed by atoms with Crippen LogP contribution < -0.4 is 4.74 Å². The van der Waals surface area contributed by atoms with Gasteiger partial charge in [-0.1, -0.05) is 55.5 Å². The average Bonchev–Trinajstić information content (AvgIpc) is 2.88. The number of para-hydroxylation sites is 1. The summed E-state index contributed by atoms with van der Waals surface area (Å²) in [5, 5.41) is 0. The van der Waals surface area contributed by atoms with Gasteiger partial charge in [0.15, 0.2) is 0 Å². The Morgan fingerprint density at radius 1 is 0.971 bits per heavy atom. The lowest BCUT2D eigenvalue weighted by molar-refractivity contribution is -0.150. The molecule has 0 bridgehead atoms. The molecule has 0 radical (unpaired) electrons. The number of nitrogens with zero attached hydrogens (tertiary/aromatic N) is 3. The summed E-state index contributed by atoms with van der Waals surface area (Å²) in [6, 6.07) is 18.2. The maximum Gasteiger partial charge on any atom is 0.228 e. The van der Waals surface area contributed by atoms with E-state index in [1.807, 2.05) is 34.1 Å².